The van der Waals surface area contributed by atoms with Crippen molar-refractivity contribution in [3.8, 4) is 0 Å². The first kappa shape index (κ1) is 27.4. The Morgan fingerprint density at radius 1 is 0.929 bits per heavy atom. The second kappa shape index (κ2) is 16.2. The Hall–Kier alpha value is -0.612. The fraction of sp³-hybridized carbons (Fsp3) is 0.882. The number of carboxylic acid groups (broad SMARTS) is 2. The van der Waals surface area contributed by atoms with E-state index in [-0.39, 0.29) is 59.2 Å². The van der Waals surface area contributed by atoms with Crippen LogP contribution < -0.4 is 21.7 Å². The molecule has 2 aliphatic rings. The Morgan fingerprint density at radius 3 is 2.00 bits per heavy atom. The third kappa shape index (κ3) is 12.1. The molecule has 1 aliphatic carbocycles. The topological polar surface area (TPSA) is 169 Å². The first-order valence-electron chi connectivity index (χ1n) is 9.28. The third-order valence-electron chi connectivity index (χ3n) is 4.41. The van der Waals surface area contributed by atoms with Gasteiger partial charge in [0.15, 0.2) is 0 Å². The summed E-state index contributed by atoms with van der Waals surface area (Å²) < 4.78 is 10.3. The Kier molecular flexibility index (Phi) is 15.9. The van der Waals surface area contributed by atoms with Gasteiger partial charge < -0.3 is 40.7 Å². The van der Waals surface area contributed by atoms with Crippen molar-refractivity contribution in [1.82, 2.24) is 0 Å². The molecule has 1 saturated carbocycles. The molecule has 28 heavy (non-hydrogen) atoms. The summed E-state index contributed by atoms with van der Waals surface area (Å²) in [4.78, 5) is 31.0. The molecule has 0 spiro atoms. The molecular formula is C17H30N2O8Pt. The largest absolute Gasteiger partial charge is 2.00 e. The number of aliphatic carboxylic acids is 2. The van der Waals surface area contributed by atoms with Crippen LogP contribution in [0.2, 0.25) is 0 Å². The Morgan fingerprint density at radius 2 is 1.46 bits per heavy atom. The van der Waals surface area contributed by atoms with Gasteiger partial charge in [-0.05, 0) is 25.7 Å². The first-order valence-corrected chi connectivity index (χ1v) is 9.28. The summed E-state index contributed by atoms with van der Waals surface area (Å²) in [6, 6.07) is 0.562. The monoisotopic (exact) mass is 585 g/mol. The maximum absolute atomic E-state index is 10.6. The molecular weight excluding hydrogens is 555 g/mol. The van der Waals surface area contributed by atoms with Crippen molar-refractivity contribution < 1.29 is 60.1 Å². The zero-order valence-corrected chi connectivity index (χ0v) is 18.1. The van der Waals surface area contributed by atoms with Crippen LogP contribution in [0.5, 0.6) is 0 Å². The molecule has 0 bridgehead atoms. The quantitative estimate of drug-likeness (QED) is 0.259. The van der Waals surface area contributed by atoms with Gasteiger partial charge in [-0.3, -0.25) is 0 Å². The van der Waals surface area contributed by atoms with Crippen molar-refractivity contribution in [2.75, 3.05) is 33.0 Å². The summed E-state index contributed by atoms with van der Waals surface area (Å²) in [5, 5.41) is 21.2. The van der Waals surface area contributed by atoms with Crippen LogP contribution in [0, 0.1) is 5.92 Å². The number of carbonyl (C=O) groups is 2. The van der Waals surface area contributed by atoms with Crippen molar-refractivity contribution in [1.29, 1.82) is 0 Å². The molecule has 2 fully saturated rings. The van der Waals surface area contributed by atoms with Gasteiger partial charge in [0, 0.05) is 18.0 Å². The van der Waals surface area contributed by atoms with E-state index in [1.807, 2.05) is 0 Å². The van der Waals surface area contributed by atoms with Crippen LogP contribution in [-0.2, 0) is 49.9 Å². The minimum Gasteiger partial charge on any atom is -0.549 e. The molecule has 3 atom stereocenters. The number of carbonyl (C=O) groups excluding carboxylic acids is 2. The zero-order chi connectivity index (χ0) is 20.1. The summed E-state index contributed by atoms with van der Waals surface area (Å²) >= 11 is 0. The van der Waals surface area contributed by atoms with E-state index in [4.69, 9.17) is 30.7 Å². The minimum absolute atomic E-state index is 0. The van der Waals surface area contributed by atoms with Crippen LogP contribution in [0.15, 0.2) is 0 Å². The SMILES string of the molecule is N[C@@H]1CCCC[C@H]1N.O=C([O-])C(CCC1COCCOCCOO1)C(=O)[O-].[Pt+2]. The molecule has 0 aromatic heterocycles. The van der Waals surface area contributed by atoms with E-state index in [1.54, 1.807) is 0 Å². The number of carboxylic acids is 2. The fourth-order valence-electron chi connectivity index (χ4n) is 2.70. The van der Waals surface area contributed by atoms with Crippen LogP contribution in [-0.4, -0.2) is 63.2 Å². The van der Waals surface area contributed by atoms with Crippen molar-refractivity contribution in [3.63, 3.8) is 0 Å². The number of rotatable bonds is 5. The zero-order valence-electron chi connectivity index (χ0n) is 15.8. The summed E-state index contributed by atoms with van der Waals surface area (Å²) in [5.41, 5.74) is 11.3. The van der Waals surface area contributed by atoms with E-state index >= 15 is 0 Å². The predicted octanol–water partition coefficient (Wildman–Crippen LogP) is -2.54. The molecule has 4 N–H and O–H groups in total. The van der Waals surface area contributed by atoms with Crippen molar-refractivity contribution in [2.24, 2.45) is 17.4 Å². The molecule has 1 heterocycles. The molecule has 0 aromatic rings. The fourth-order valence-corrected chi connectivity index (χ4v) is 2.70. The van der Waals surface area contributed by atoms with Crippen LogP contribution in [0.3, 0.4) is 0 Å². The van der Waals surface area contributed by atoms with Gasteiger partial charge in [0.25, 0.3) is 0 Å². The van der Waals surface area contributed by atoms with Crippen molar-refractivity contribution in [3.05, 3.63) is 0 Å². The molecule has 2 rings (SSSR count). The number of hydrogen-bond donors (Lipinski definition) is 2. The van der Waals surface area contributed by atoms with Crippen LogP contribution in [0.25, 0.3) is 0 Å². The molecule has 0 amide bonds. The Bertz CT molecular complexity index is 409. The molecule has 166 valence electrons. The van der Waals surface area contributed by atoms with Gasteiger partial charge in [0.2, 0.25) is 0 Å². The summed E-state index contributed by atoms with van der Waals surface area (Å²) in [6.07, 6.45) is 4.23. The van der Waals surface area contributed by atoms with Crippen molar-refractivity contribution >= 4 is 11.9 Å². The maximum Gasteiger partial charge on any atom is 2.00 e. The third-order valence-corrected chi connectivity index (χ3v) is 4.41. The average molecular weight is 586 g/mol. The second-order valence-electron chi connectivity index (χ2n) is 6.61. The molecule has 11 heteroatoms. The molecule has 1 saturated heterocycles. The maximum atomic E-state index is 10.6. The smallest absolute Gasteiger partial charge is 0.549 e. The second-order valence-corrected chi connectivity index (χ2v) is 6.61. The van der Waals surface area contributed by atoms with Crippen molar-refractivity contribution in [2.45, 2.75) is 56.7 Å². The molecule has 0 radical (unpaired) electrons. The number of ether oxygens (including phenoxy) is 2. The number of nitrogens with two attached hydrogens (primary N) is 2. The molecule has 1 unspecified atom stereocenters. The normalized spacial score (nSPS) is 26.3. The molecule has 0 aromatic carbocycles. The van der Waals surface area contributed by atoms with E-state index < -0.39 is 24.0 Å². The van der Waals surface area contributed by atoms with Gasteiger partial charge >= 0.3 is 21.1 Å². The average Bonchev–Trinajstić information content (AvgIpc) is 2.63. The Balaban J connectivity index is 0.000000678. The van der Waals surface area contributed by atoms with Gasteiger partial charge in [-0.2, -0.15) is 0 Å². The minimum atomic E-state index is -1.67. The predicted molar refractivity (Wildman–Crippen MR) is 89.6 cm³/mol. The summed E-state index contributed by atoms with van der Waals surface area (Å²) in [6.45, 7) is 1.56. The van der Waals surface area contributed by atoms with Crippen LogP contribution >= 0.6 is 0 Å². The number of hydrogen-bond acceptors (Lipinski definition) is 10. The van der Waals surface area contributed by atoms with Gasteiger partial charge in [-0.1, -0.05) is 12.8 Å². The molecule has 1 aliphatic heterocycles. The van der Waals surface area contributed by atoms with E-state index in [0.29, 0.717) is 19.8 Å². The molecule has 10 nitrogen and oxygen atoms in total. The first-order chi connectivity index (χ1) is 12.9. The van der Waals surface area contributed by atoms with E-state index in [0.717, 1.165) is 12.8 Å². The van der Waals surface area contributed by atoms with E-state index in [1.165, 1.54) is 12.8 Å². The van der Waals surface area contributed by atoms with Gasteiger partial charge in [-0.25, -0.2) is 9.78 Å². The van der Waals surface area contributed by atoms with Gasteiger partial charge in [-0.15, -0.1) is 0 Å². The van der Waals surface area contributed by atoms with Gasteiger partial charge in [0.05, 0.1) is 38.4 Å². The van der Waals surface area contributed by atoms with Gasteiger partial charge in [0.1, 0.15) is 12.7 Å². The summed E-state index contributed by atoms with van der Waals surface area (Å²) in [5.74, 6) is -5.01. The Labute approximate surface area is 179 Å². The standard InChI is InChI=1S/C11H18O8.C6H14N2.Pt/c12-10(13)9(11(14)15)2-1-8-7-17-4-3-16-5-6-18-19-8;7-5-3-1-2-4-6(5)8;/h8-9H,1-7H2,(H,12,13)(H,14,15);5-6H,1-4,7-8H2;/q;;+2/p-2/t;5-,6-;/m.1./s1. The van der Waals surface area contributed by atoms with E-state index in [2.05, 4.69) is 0 Å². The summed E-state index contributed by atoms with van der Waals surface area (Å²) in [7, 11) is 0. The van der Waals surface area contributed by atoms with Crippen LogP contribution in [0.1, 0.15) is 38.5 Å². The van der Waals surface area contributed by atoms with E-state index in [9.17, 15) is 19.8 Å². The van der Waals surface area contributed by atoms with Crippen LogP contribution in [0.4, 0.5) is 0 Å².